The molecule has 0 spiro atoms. The first-order chi connectivity index (χ1) is 13.1. The first kappa shape index (κ1) is 16.8. The third-order valence-electron chi connectivity index (χ3n) is 4.15. The maximum absolute atomic E-state index is 12.9. The number of H-pyrrole nitrogens is 1. The van der Waals surface area contributed by atoms with Gasteiger partial charge in [-0.25, -0.2) is 4.98 Å². The highest BCUT2D eigenvalue weighted by Crippen LogP contribution is 2.44. The highest BCUT2D eigenvalue weighted by atomic mass is 32.1. The lowest BCUT2D eigenvalue weighted by molar-refractivity contribution is 0.397. The first-order valence-electron chi connectivity index (χ1n) is 8.03. The van der Waals surface area contributed by atoms with Crippen LogP contribution in [0.3, 0.4) is 0 Å². The fourth-order valence-corrected chi connectivity index (χ4v) is 3.93. The summed E-state index contributed by atoms with van der Waals surface area (Å²) >= 11 is 1.33. The second-order valence-electron chi connectivity index (χ2n) is 5.77. The molecular weight excluding hydrogens is 364 g/mol. The molecule has 0 saturated heterocycles. The van der Waals surface area contributed by atoms with Gasteiger partial charge in [-0.2, -0.15) is 5.26 Å². The van der Waals surface area contributed by atoms with Gasteiger partial charge in [0, 0.05) is 18.9 Å². The largest absolute Gasteiger partial charge is 0.438 e. The Morgan fingerprint density at radius 1 is 1.56 bits per heavy atom. The van der Waals surface area contributed by atoms with Crippen LogP contribution in [0.2, 0.25) is 0 Å². The molecule has 3 aromatic heterocycles. The number of anilines is 1. The number of hydrogen-bond acceptors (Lipinski definition) is 8. The molecule has 0 aromatic carbocycles. The molecule has 4 heterocycles. The van der Waals surface area contributed by atoms with Crippen molar-refractivity contribution < 1.29 is 4.74 Å². The number of rotatable bonds is 4. The third kappa shape index (κ3) is 2.72. The van der Waals surface area contributed by atoms with Gasteiger partial charge < -0.3 is 20.8 Å². The number of nitriles is 1. The Bertz CT molecular complexity index is 1170. The van der Waals surface area contributed by atoms with Crippen molar-refractivity contribution in [2.45, 2.75) is 5.92 Å². The zero-order chi connectivity index (χ0) is 19.0. The predicted molar refractivity (Wildman–Crippen MR) is 102 cm³/mol. The molecule has 1 aliphatic rings. The van der Waals surface area contributed by atoms with Crippen molar-refractivity contribution in [2.75, 3.05) is 11.9 Å². The lowest BCUT2D eigenvalue weighted by atomic mass is 9.85. The second kappa shape index (κ2) is 6.59. The van der Waals surface area contributed by atoms with Gasteiger partial charge in [-0.1, -0.05) is 23.5 Å². The fraction of sp³-hybridized carbons (Fsp3) is 0.111. The SMILES string of the molecule is C=CCNc1nc2[nH]c(=O)c3c(c2s1)OC(N)=C(C#N)[C@@H]3c1cccnc1. The topological polar surface area (TPSA) is 130 Å². The number of nitrogens with zero attached hydrogens (tertiary/aromatic N) is 3. The van der Waals surface area contributed by atoms with E-state index in [0.717, 1.165) is 0 Å². The van der Waals surface area contributed by atoms with Crippen LogP contribution in [0.5, 0.6) is 5.75 Å². The molecular formula is C18H14N6O2S. The molecule has 134 valence electrons. The molecule has 4 rings (SSSR count). The van der Waals surface area contributed by atoms with Gasteiger partial charge in [0.25, 0.3) is 5.56 Å². The summed E-state index contributed by atoms with van der Waals surface area (Å²) in [4.78, 5) is 24.1. The van der Waals surface area contributed by atoms with E-state index in [1.165, 1.54) is 11.3 Å². The van der Waals surface area contributed by atoms with Crippen molar-refractivity contribution in [1.29, 1.82) is 5.26 Å². The van der Waals surface area contributed by atoms with Gasteiger partial charge in [0.1, 0.15) is 16.3 Å². The molecule has 0 amide bonds. The summed E-state index contributed by atoms with van der Waals surface area (Å²) in [6.07, 6.45) is 4.94. The Labute approximate surface area is 157 Å². The summed E-state index contributed by atoms with van der Waals surface area (Å²) in [7, 11) is 0. The molecule has 0 saturated carbocycles. The number of allylic oxidation sites excluding steroid dienone is 1. The van der Waals surface area contributed by atoms with E-state index >= 15 is 0 Å². The zero-order valence-electron chi connectivity index (χ0n) is 14.0. The van der Waals surface area contributed by atoms with Gasteiger partial charge in [0.05, 0.1) is 11.5 Å². The summed E-state index contributed by atoms with van der Waals surface area (Å²) in [6, 6.07) is 5.60. The average molecular weight is 378 g/mol. The van der Waals surface area contributed by atoms with E-state index in [1.807, 2.05) is 0 Å². The van der Waals surface area contributed by atoms with E-state index in [2.05, 4.69) is 32.9 Å². The van der Waals surface area contributed by atoms with Crippen molar-refractivity contribution in [3.8, 4) is 11.8 Å². The third-order valence-corrected chi connectivity index (χ3v) is 5.16. The molecule has 1 atom stereocenters. The zero-order valence-corrected chi connectivity index (χ0v) is 14.8. The molecule has 0 bridgehead atoms. The molecule has 0 aliphatic carbocycles. The van der Waals surface area contributed by atoms with E-state index in [0.29, 0.717) is 38.9 Å². The van der Waals surface area contributed by atoms with Crippen molar-refractivity contribution in [2.24, 2.45) is 5.73 Å². The van der Waals surface area contributed by atoms with Gasteiger partial charge in [-0.3, -0.25) is 9.78 Å². The number of fused-ring (bicyclic) bond motifs is 3. The van der Waals surface area contributed by atoms with Crippen LogP contribution < -0.4 is 21.3 Å². The fourth-order valence-electron chi connectivity index (χ4n) is 3.01. The number of thiazole rings is 1. The van der Waals surface area contributed by atoms with Gasteiger partial charge in [0.15, 0.2) is 16.5 Å². The predicted octanol–water partition coefficient (Wildman–Crippen LogP) is 2.20. The molecule has 1 aliphatic heterocycles. The van der Waals surface area contributed by atoms with Gasteiger partial charge in [-0.05, 0) is 11.6 Å². The van der Waals surface area contributed by atoms with E-state index in [1.54, 1.807) is 30.6 Å². The molecule has 9 heteroatoms. The summed E-state index contributed by atoms with van der Waals surface area (Å²) in [5.41, 5.74) is 7.21. The molecule has 0 radical (unpaired) electrons. The standard InChI is InChI=1S/C18H14N6O2S/c1-2-5-22-18-24-16-14(27-18)13-12(17(25)23-16)11(9-4-3-6-21-8-9)10(7-19)15(20)26-13/h2-4,6,8,11H,1,5,20H2,(H2,22,23,24,25)/t11-/m0/s1. The van der Waals surface area contributed by atoms with E-state index in [-0.39, 0.29) is 17.0 Å². The molecule has 4 N–H and O–H groups in total. The molecule has 27 heavy (non-hydrogen) atoms. The summed E-state index contributed by atoms with van der Waals surface area (Å²) in [5, 5.41) is 13.3. The smallest absolute Gasteiger partial charge is 0.257 e. The van der Waals surface area contributed by atoms with Crippen LogP contribution in [0.4, 0.5) is 5.13 Å². The number of aromatic nitrogens is 3. The Hall–Kier alpha value is -3.64. The van der Waals surface area contributed by atoms with Crippen molar-refractivity contribution >= 4 is 26.8 Å². The lowest BCUT2D eigenvalue weighted by Crippen LogP contribution is -2.27. The molecule has 0 fully saturated rings. The van der Waals surface area contributed by atoms with E-state index in [4.69, 9.17) is 10.5 Å². The summed E-state index contributed by atoms with van der Waals surface area (Å²) in [6.45, 7) is 4.19. The van der Waals surface area contributed by atoms with Crippen LogP contribution in [-0.4, -0.2) is 21.5 Å². The monoisotopic (exact) mass is 378 g/mol. The highest BCUT2D eigenvalue weighted by Gasteiger charge is 2.35. The Morgan fingerprint density at radius 3 is 3.11 bits per heavy atom. The molecule has 3 aromatic rings. The minimum Gasteiger partial charge on any atom is -0.438 e. The Kier molecular flexibility index (Phi) is 4.10. The molecule has 0 unspecified atom stereocenters. The van der Waals surface area contributed by atoms with Crippen LogP contribution in [0.25, 0.3) is 10.3 Å². The molecule has 8 nitrogen and oxygen atoms in total. The summed E-state index contributed by atoms with van der Waals surface area (Å²) in [5.74, 6) is -0.365. The second-order valence-corrected chi connectivity index (χ2v) is 6.77. The lowest BCUT2D eigenvalue weighted by Gasteiger charge is -2.25. The van der Waals surface area contributed by atoms with Crippen LogP contribution in [0.1, 0.15) is 17.0 Å². The van der Waals surface area contributed by atoms with Crippen molar-refractivity contribution in [3.05, 3.63) is 70.1 Å². The number of aromatic amines is 1. The van der Waals surface area contributed by atoms with Crippen molar-refractivity contribution in [3.63, 3.8) is 0 Å². The van der Waals surface area contributed by atoms with Gasteiger partial charge >= 0.3 is 0 Å². The maximum Gasteiger partial charge on any atom is 0.257 e. The van der Waals surface area contributed by atoms with Crippen LogP contribution in [-0.2, 0) is 0 Å². The minimum absolute atomic E-state index is 0.0280. The maximum atomic E-state index is 12.9. The van der Waals surface area contributed by atoms with E-state index < -0.39 is 5.92 Å². The minimum atomic E-state index is -0.660. The van der Waals surface area contributed by atoms with Gasteiger partial charge in [0.2, 0.25) is 5.88 Å². The Balaban J connectivity index is 1.98. The van der Waals surface area contributed by atoms with Crippen LogP contribution >= 0.6 is 11.3 Å². The number of pyridine rings is 2. The number of ether oxygens (including phenoxy) is 1. The summed E-state index contributed by atoms with van der Waals surface area (Å²) < 4.78 is 6.36. The normalized spacial score (nSPS) is 15.7. The number of nitrogens with one attached hydrogen (secondary N) is 2. The quantitative estimate of drug-likeness (QED) is 0.593. The van der Waals surface area contributed by atoms with Crippen LogP contribution in [0, 0.1) is 11.3 Å². The van der Waals surface area contributed by atoms with Crippen molar-refractivity contribution in [1.82, 2.24) is 15.0 Å². The van der Waals surface area contributed by atoms with Gasteiger partial charge in [-0.15, -0.1) is 6.58 Å². The average Bonchev–Trinajstić information content (AvgIpc) is 3.09. The van der Waals surface area contributed by atoms with E-state index in [9.17, 15) is 10.1 Å². The van der Waals surface area contributed by atoms with Crippen LogP contribution in [0.15, 0.2) is 53.4 Å². The Morgan fingerprint density at radius 2 is 2.41 bits per heavy atom. The first-order valence-corrected chi connectivity index (χ1v) is 8.84. The number of nitrogens with two attached hydrogens (primary N) is 1. The number of hydrogen-bond donors (Lipinski definition) is 3. The highest BCUT2D eigenvalue weighted by molar-refractivity contribution is 7.22.